The van der Waals surface area contributed by atoms with Crippen LogP contribution in [0.4, 0.5) is 5.69 Å². The highest BCUT2D eigenvalue weighted by molar-refractivity contribution is 7.99. The molecule has 1 aromatic heterocycles. The van der Waals surface area contributed by atoms with Crippen molar-refractivity contribution in [2.45, 2.75) is 36.2 Å². The largest absolute Gasteiger partial charge is 0.308 e. The Morgan fingerprint density at radius 2 is 2.00 bits per heavy atom. The molecule has 0 spiro atoms. The topological polar surface area (TPSA) is 93.4 Å². The maximum absolute atomic E-state index is 13.0. The van der Waals surface area contributed by atoms with Crippen molar-refractivity contribution >= 4 is 44.3 Å². The molecule has 1 aliphatic heterocycles. The van der Waals surface area contributed by atoms with E-state index in [9.17, 15) is 13.2 Å². The van der Waals surface area contributed by atoms with Crippen LogP contribution in [-0.2, 0) is 21.2 Å². The molecular weight excluding hydrogens is 406 g/mol. The molecule has 1 amide bonds. The lowest BCUT2D eigenvalue weighted by Crippen LogP contribution is -2.37. The Hall–Kier alpha value is -2.42. The molecule has 4 rings (SSSR count). The number of thioether (sulfide) groups is 1. The number of aromatic nitrogens is 1. The summed E-state index contributed by atoms with van der Waals surface area (Å²) in [5.74, 6) is 0.225. The van der Waals surface area contributed by atoms with Gasteiger partial charge in [-0.1, -0.05) is 30.0 Å². The zero-order valence-electron chi connectivity index (χ0n) is 16.1. The number of benzene rings is 2. The van der Waals surface area contributed by atoms with Crippen molar-refractivity contribution in [2.24, 2.45) is 5.14 Å². The molecule has 0 radical (unpaired) electrons. The zero-order chi connectivity index (χ0) is 20.8. The van der Waals surface area contributed by atoms with Gasteiger partial charge in [0.1, 0.15) is 0 Å². The smallest absolute Gasteiger partial charge is 0.238 e. The number of aryl methyl sites for hydroxylation is 1. The van der Waals surface area contributed by atoms with Crippen LogP contribution in [0.25, 0.3) is 10.9 Å². The van der Waals surface area contributed by atoms with E-state index in [1.54, 1.807) is 17.0 Å². The molecule has 0 fully saturated rings. The summed E-state index contributed by atoms with van der Waals surface area (Å²) >= 11 is 1.41. The SMILES string of the molecule is Cc1cc(SCC(=O)N2c3ccc(S(N)(=O)=O)cc3C[C@H]2C)nc2ccccc12. The van der Waals surface area contributed by atoms with E-state index in [1.807, 2.05) is 44.2 Å². The van der Waals surface area contributed by atoms with E-state index in [0.29, 0.717) is 6.42 Å². The summed E-state index contributed by atoms with van der Waals surface area (Å²) in [5.41, 5.74) is 3.61. The summed E-state index contributed by atoms with van der Waals surface area (Å²) in [6, 6.07) is 14.6. The first kappa shape index (κ1) is 19.9. The Labute approximate surface area is 174 Å². The lowest BCUT2D eigenvalue weighted by molar-refractivity contribution is -0.116. The van der Waals surface area contributed by atoms with Crippen molar-refractivity contribution in [1.29, 1.82) is 0 Å². The van der Waals surface area contributed by atoms with Crippen LogP contribution in [-0.4, -0.2) is 31.1 Å². The van der Waals surface area contributed by atoms with E-state index in [-0.39, 0.29) is 22.6 Å². The van der Waals surface area contributed by atoms with E-state index in [1.165, 1.54) is 17.8 Å². The average Bonchev–Trinajstić information content (AvgIpc) is 3.00. The highest BCUT2D eigenvalue weighted by atomic mass is 32.2. The van der Waals surface area contributed by atoms with Gasteiger partial charge in [-0.2, -0.15) is 0 Å². The molecule has 29 heavy (non-hydrogen) atoms. The Kier molecular flexibility index (Phi) is 5.10. The van der Waals surface area contributed by atoms with Crippen LogP contribution < -0.4 is 10.0 Å². The molecule has 1 aliphatic rings. The number of para-hydroxylation sites is 1. The first-order valence-electron chi connectivity index (χ1n) is 9.21. The number of hydrogen-bond donors (Lipinski definition) is 1. The van der Waals surface area contributed by atoms with Crippen LogP contribution in [0.5, 0.6) is 0 Å². The number of pyridine rings is 1. The number of fused-ring (bicyclic) bond motifs is 2. The van der Waals surface area contributed by atoms with Gasteiger partial charge in [-0.05, 0) is 61.7 Å². The normalized spacial score (nSPS) is 16.2. The average molecular weight is 428 g/mol. The highest BCUT2D eigenvalue weighted by Crippen LogP contribution is 2.34. The predicted octanol–water partition coefficient (Wildman–Crippen LogP) is 3.26. The minimum atomic E-state index is -3.76. The minimum Gasteiger partial charge on any atom is -0.308 e. The second-order valence-corrected chi connectivity index (χ2v) is 9.79. The van der Waals surface area contributed by atoms with E-state index < -0.39 is 10.0 Å². The minimum absolute atomic E-state index is 0.0304. The Morgan fingerprint density at radius 1 is 1.24 bits per heavy atom. The molecule has 3 aromatic rings. The molecule has 2 N–H and O–H groups in total. The maximum atomic E-state index is 13.0. The van der Waals surface area contributed by atoms with Crippen LogP contribution in [0.15, 0.2) is 58.5 Å². The van der Waals surface area contributed by atoms with E-state index in [0.717, 1.165) is 32.7 Å². The third kappa shape index (κ3) is 3.88. The summed E-state index contributed by atoms with van der Waals surface area (Å²) in [6.07, 6.45) is 0.600. The van der Waals surface area contributed by atoms with Gasteiger partial charge in [-0.3, -0.25) is 4.79 Å². The number of carbonyl (C=O) groups is 1. The van der Waals surface area contributed by atoms with Crippen LogP contribution in [0.2, 0.25) is 0 Å². The van der Waals surface area contributed by atoms with Crippen molar-refractivity contribution in [3.63, 3.8) is 0 Å². The second-order valence-electron chi connectivity index (χ2n) is 7.24. The molecule has 8 heteroatoms. The second kappa shape index (κ2) is 7.44. The monoisotopic (exact) mass is 427 g/mol. The van der Waals surface area contributed by atoms with Crippen LogP contribution in [0, 0.1) is 6.92 Å². The number of amides is 1. The van der Waals surface area contributed by atoms with Gasteiger partial charge in [0.05, 0.1) is 21.2 Å². The number of hydrogen-bond acceptors (Lipinski definition) is 5. The third-order valence-electron chi connectivity index (χ3n) is 5.11. The lowest BCUT2D eigenvalue weighted by atomic mass is 10.1. The zero-order valence-corrected chi connectivity index (χ0v) is 17.8. The number of carbonyl (C=O) groups excluding carboxylic acids is 1. The molecular formula is C21H21N3O3S2. The van der Waals surface area contributed by atoms with Gasteiger partial charge < -0.3 is 4.90 Å². The molecule has 0 saturated carbocycles. The van der Waals surface area contributed by atoms with Gasteiger partial charge in [0.2, 0.25) is 15.9 Å². The molecule has 0 unspecified atom stereocenters. The van der Waals surface area contributed by atoms with E-state index in [4.69, 9.17) is 5.14 Å². The van der Waals surface area contributed by atoms with Crippen molar-refractivity contribution in [1.82, 2.24) is 4.98 Å². The first-order valence-corrected chi connectivity index (χ1v) is 11.7. The van der Waals surface area contributed by atoms with E-state index in [2.05, 4.69) is 4.98 Å². The highest BCUT2D eigenvalue weighted by Gasteiger charge is 2.31. The van der Waals surface area contributed by atoms with Gasteiger partial charge in [-0.25, -0.2) is 18.5 Å². The molecule has 0 aliphatic carbocycles. The number of anilines is 1. The van der Waals surface area contributed by atoms with Crippen LogP contribution in [0.1, 0.15) is 18.1 Å². The summed E-state index contributed by atoms with van der Waals surface area (Å²) in [4.78, 5) is 19.4. The molecule has 150 valence electrons. The fourth-order valence-corrected chi connectivity index (χ4v) is 5.16. The molecule has 2 heterocycles. The Bertz CT molecular complexity index is 1230. The quantitative estimate of drug-likeness (QED) is 0.645. The standard InChI is InChI=1S/C21H21N3O3S2/c1-13-9-20(23-18-6-4-3-5-17(13)18)28-12-21(25)24-14(2)10-15-11-16(29(22,26)27)7-8-19(15)24/h3-9,11,14H,10,12H2,1-2H3,(H2,22,26,27)/t14-/m1/s1. The number of nitrogens with two attached hydrogens (primary N) is 1. The number of nitrogens with zero attached hydrogens (tertiary/aromatic N) is 2. The molecule has 6 nitrogen and oxygen atoms in total. The first-order chi connectivity index (χ1) is 13.7. The van der Waals surface area contributed by atoms with Crippen molar-refractivity contribution in [3.8, 4) is 0 Å². The molecule has 0 bridgehead atoms. The summed E-state index contributed by atoms with van der Waals surface area (Å²) in [7, 11) is -3.76. The fourth-order valence-electron chi connectivity index (χ4n) is 3.76. The number of primary sulfonamides is 1. The summed E-state index contributed by atoms with van der Waals surface area (Å²) in [6.45, 7) is 4.00. The molecule has 0 saturated heterocycles. The molecule has 1 atom stereocenters. The van der Waals surface area contributed by atoms with E-state index >= 15 is 0 Å². The Balaban J connectivity index is 1.54. The maximum Gasteiger partial charge on any atom is 0.238 e. The van der Waals surface area contributed by atoms with Gasteiger partial charge in [0.15, 0.2) is 0 Å². The third-order valence-corrected chi connectivity index (χ3v) is 6.91. The van der Waals surface area contributed by atoms with Gasteiger partial charge in [0.25, 0.3) is 0 Å². The fraction of sp³-hybridized carbons (Fsp3) is 0.238. The van der Waals surface area contributed by atoms with Crippen molar-refractivity contribution in [3.05, 3.63) is 59.7 Å². The summed E-state index contributed by atoms with van der Waals surface area (Å²) < 4.78 is 23.2. The predicted molar refractivity (Wildman–Crippen MR) is 116 cm³/mol. The van der Waals surface area contributed by atoms with Gasteiger partial charge >= 0.3 is 0 Å². The van der Waals surface area contributed by atoms with Gasteiger partial charge in [0, 0.05) is 17.1 Å². The number of sulfonamides is 1. The Morgan fingerprint density at radius 3 is 2.76 bits per heavy atom. The van der Waals surface area contributed by atoms with Crippen molar-refractivity contribution < 1.29 is 13.2 Å². The van der Waals surface area contributed by atoms with Gasteiger partial charge in [-0.15, -0.1) is 0 Å². The lowest BCUT2D eigenvalue weighted by Gasteiger charge is -2.22. The van der Waals surface area contributed by atoms with Crippen LogP contribution >= 0.6 is 11.8 Å². The molecule has 2 aromatic carbocycles. The summed E-state index contributed by atoms with van der Waals surface area (Å²) in [5, 5.41) is 7.14. The van der Waals surface area contributed by atoms with Crippen LogP contribution in [0.3, 0.4) is 0 Å². The number of rotatable bonds is 4. The van der Waals surface area contributed by atoms with Crippen molar-refractivity contribution in [2.75, 3.05) is 10.7 Å².